The molecule has 2 unspecified atom stereocenters. The molecule has 1 heterocycles. The molecule has 0 aromatic heterocycles. The highest BCUT2D eigenvalue weighted by Gasteiger charge is 2.21. The topological polar surface area (TPSA) is 35.2 Å². The molecular formula is C12H25NO. The fraction of sp³-hybridized carbons (Fsp3) is 1.00. The highest BCUT2D eigenvalue weighted by molar-refractivity contribution is 4.77. The van der Waals surface area contributed by atoms with E-state index in [9.17, 15) is 0 Å². The van der Waals surface area contributed by atoms with Crippen LogP contribution in [0.4, 0.5) is 0 Å². The van der Waals surface area contributed by atoms with Gasteiger partial charge in [-0.05, 0) is 19.3 Å². The summed E-state index contributed by atoms with van der Waals surface area (Å²) in [6.07, 6.45) is 10.6. The van der Waals surface area contributed by atoms with E-state index in [0.29, 0.717) is 12.1 Å². The van der Waals surface area contributed by atoms with Crippen molar-refractivity contribution in [3.05, 3.63) is 0 Å². The van der Waals surface area contributed by atoms with Crippen molar-refractivity contribution in [3.63, 3.8) is 0 Å². The van der Waals surface area contributed by atoms with Crippen molar-refractivity contribution in [3.8, 4) is 0 Å². The zero-order valence-electron chi connectivity index (χ0n) is 9.50. The van der Waals surface area contributed by atoms with Crippen LogP contribution in [0.15, 0.2) is 0 Å². The number of hydrogen-bond donors (Lipinski definition) is 1. The van der Waals surface area contributed by atoms with Crippen LogP contribution in [0.2, 0.25) is 0 Å². The molecule has 1 saturated heterocycles. The van der Waals surface area contributed by atoms with Gasteiger partial charge in [-0.2, -0.15) is 0 Å². The average Bonchev–Trinajstić information content (AvgIpc) is 2.70. The number of rotatable bonds is 7. The Morgan fingerprint density at radius 1 is 1.29 bits per heavy atom. The summed E-state index contributed by atoms with van der Waals surface area (Å²) in [6, 6.07) is 0.291. The number of hydrogen-bond acceptors (Lipinski definition) is 2. The molecule has 0 amide bonds. The third kappa shape index (κ3) is 4.43. The van der Waals surface area contributed by atoms with Crippen molar-refractivity contribution in [1.82, 2.24) is 0 Å². The summed E-state index contributed by atoms with van der Waals surface area (Å²) >= 11 is 0. The minimum atomic E-state index is 0.291. The molecule has 0 aliphatic carbocycles. The minimum Gasteiger partial charge on any atom is -0.377 e. The van der Waals surface area contributed by atoms with Crippen LogP contribution in [0.25, 0.3) is 0 Å². The molecule has 0 saturated carbocycles. The van der Waals surface area contributed by atoms with Crippen LogP contribution in [0, 0.1) is 0 Å². The Hall–Kier alpha value is -0.0800. The Morgan fingerprint density at radius 3 is 2.71 bits per heavy atom. The maximum Gasteiger partial charge on any atom is 0.0726 e. The van der Waals surface area contributed by atoms with Crippen LogP contribution < -0.4 is 5.73 Å². The van der Waals surface area contributed by atoms with Gasteiger partial charge in [-0.3, -0.25) is 0 Å². The molecule has 0 radical (unpaired) electrons. The maximum atomic E-state index is 6.07. The summed E-state index contributed by atoms with van der Waals surface area (Å²) in [5, 5.41) is 0. The Bertz CT molecular complexity index is 132. The lowest BCUT2D eigenvalue weighted by Crippen LogP contribution is -2.33. The smallest absolute Gasteiger partial charge is 0.0726 e. The molecule has 1 aliphatic heterocycles. The van der Waals surface area contributed by atoms with Crippen LogP contribution in [0.3, 0.4) is 0 Å². The predicted molar refractivity (Wildman–Crippen MR) is 60.3 cm³/mol. The quantitative estimate of drug-likeness (QED) is 0.640. The van der Waals surface area contributed by atoms with E-state index in [4.69, 9.17) is 10.5 Å². The lowest BCUT2D eigenvalue weighted by molar-refractivity contribution is 0.0867. The van der Waals surface area contributed by atoms with Gasteiger partial charge in [0.25, 0.3) is 0 Å². The molecule has 2 N–H and O–H groups in total. The molecule has 0 aromatic carbocycles. The van der Waals surface area contributed by atoms with Crippen molar-refractivity contribution in [1.29, 1.82) is 0 Å². The molecule has 84 valence electrons. The molecule has 1 fully saturated rings. The fourth-order valence-corrected chi connectivity index (χ4v) is 2.11. The SMILES string of the molecule is CCCCCCCC(N)C1CCCO1. The third-order valence-electron chi connectivity index (χ3n) is 3.08. The van der Waals surface area contributed by atoms with Gasteiger partial charge in [-0.25, -0.2) is 0 Å². The fourth-order valence-electron chi connectivity index (χ4n) is 2.11. The molecule has 0 bridgehead atoms. The zero-order valence-corrected chi connectivity index (χ0v) is 9.50. The van der Waals surface area contributed by atoms with Crippen molar-refractivity contribution in [2.24, 2.45) is 5.73 Å². The molecule has 14 heavy (non-hydrogen) atoms. The molecule has 2 heteroatoms. The van der Waals surface area contributed by atoms with Crippen molar-refractivity contribution >= 4 is 0 Å². The molecule has 0 spiro atoms. The Kier molecular flexibility index (Phi) is 6.20. The lowest BCUT2D eigenvalue weighted by Gasteiger charge is -2.18. The first-order valence-corrected chi connectivity index (χ1v) is 6.21. The van der Waals surface area contributed by atoms with Crippen LogP contribution in [0.5, 0.6) is 0 Å². The van der Waals surface area contributed by atoms with Gasteiger partial charge in [-0.1, -0.05) is 39.0 Å². The number of unbranched alkanes of at least 4 members (excludes halogenated alkanes) is 4. The molecular weight excluding hydrogens is 174 g/mol. The van der Waals surface area contributed by atoms with Gasteiger partial charge in [-0.15, -0.1) is 0 Å². The summed E-state index contributed by atoms with van der Waals surface area (Å²) in [5.74, 6) is 0. The lowest BCUT2D eigenvalue weighted by atomic mass is 10.0. The van der Waals surface area contributed by atoms with Crippen LogP contribution in [-0.2, 0) is 4.74 Å². The summed E-state index contributed by atoms with van der Waals surface area (Å²) in [4.78, 5) is 0. The second-order valence-electron chi connectivity index (χ2n) is 4.42. The van der Waals surface area contributed by atoms with Crippen molar-refractivity contribution < 1.29 is 4.74 Å². The van der Waals surface area contributed by atoms with Gasteiger partial charge in [0.05, 0.1) is 6.10 Å². The standard InChI is InChI=1S/C12H25NO/c1-2-3-4-5-6-8-11(13)12-9-7-10-14-12/h11-12H,2-10,13H2,1H3. The van der Waals surface area contributed by atoms with E-state index >= 15 is 0 Å². The normalized spacial score (nSPS) is 24.0. The summed E-state index contributed by atoms with van der Waals surface area (Å²) in [5.41, 5.74) is 6.07. The summed E-state index contributed by atoms with van der Waals surface area (Å²) in [7, 11) is 0. The molecule has 0 aromatic rings. The largest absolute Gasteiger partial charge is 0.377 e. The van der Waals surface area contributed by atoms with E-state index in [-0.39, 0.29) is 0 Å². The first-order valence-electron chi connectivity index (χ1n) is 6.21. The number of nitrogens with two attached hydrogens (primary N) is 1. The molecule has 1 aliphatic rings. The van der Waals surface area contributed by atoms with E-state index in [1.165, 1.54) is 44.9 Å². The van der Waals surface area contributed by atoms with Gasteiger partial charge >= 0.3 is 0 Å². The van der Waals surface area contributed by atoms with E-state index in [2.05, 4.69) is 6.92 Å². The summed E-state index contributed by atoms with van der Waals surface area (Å²) in [6.45, 7) is 3.17. The van der Waals surface area contributed by atoms with Gasteiger partial charge < -0.3 is 10.5 Å². The van der Waals surface area contributed by atoms with E-state index in [0.717, 1.165) is 13.0 Å². The van der Waals surface area contributed by atoms with Crippen LogP contribution in [-0.4, -0.2) is 18.8 Å². The zero-order chi connectivity index (χ0) is 10.2. The second kappa shape index (κ2) is 7.24. The first kappa shape index (κ1) is 12.0. The van der Waals surface area contributed by atoms with Crippen LogP contribution >= 0.6 is 0 Å². The second-order valence-corrected chi connectivity index (χ2v) is 4.42. The van der Waals surface area contributed by atoms with Crippen molar-refractivity contribution in [2.45, 2.75) is 70.4 Å². The highest BCUT2D eigenvalue weighted by atomic mass is 16.5. The Balaban J connectivity index is 1.94. The van der Waals surface area contributed by atoms with E-state index in [1.54, 1.807) is 0 Å². The third-order valence-corrected chi connectivity index (χ3v) is 3.08. The highest BCUT2D eigenvalue weighted by Crippen LogP contribution is 2.18. The van der Waals surface area contributed by atoms with Gasteiger partial charge in [0.1, 0.15) is 0 Å². The molecule has 2 atom stereocenters. The Morgan fingerprint density at radius 2 is 2.07 bits per heavy atom. The van der Waals surface area contributed by atoms with E-state index < -0.39 is 0 Å². The number of ether oxygens (including phenoxy) is 1. The monoisotopic (exact) mass is 199 g/mol. The van der Waals surface area contributed by atoms with Gasteiger partial charge in [0, 0.05) is 12.6 Å². The average molecular weight is 199 g/mol. The summed E-state index contributed by atoms with van der Waals surface area (Å²) < 4.78 is 5.57. The van der Waals surface area contributed by atoms with Crippen LogP contribution in [0.1, 0.15) is 58.3 Å². The predicted octanol–water partition coefficient (Wildman–Crippen LogP) is 2.85. The van der Waals surface area contributed by atoms with Gasteiger partial charge in [0.15, 0.2) is 0 Å². The van der Waals surface area contributed by atoms with E-state index in [1.807, 2.05) is 0 Å². The van der Waals surface area contributed by atoms with Gasteiger partial charge in [0.2, 0.25) is 0 Å². The molecule has 2 nitrogen and oxygen atoms in total. The maximum absolute atomic E-state index is 6.07. The first-order chi connectivity index (χ1) is 6.84. The van der Waals surface area contributed by atoms with Crippen molar-refractivity contribution in [2.75, 3.05) is 6.61 Å². The minimum absolute atomic E-state index is 0.291. The Labute approximate surface area is 88.2 Å². The molecule has 1 rings (SSSR count).